The number of hydrogen-bond acceptors (Lipinski definition) is 0. The molecule has 6 aromatic rings. The third kappa shape index (κ3) is 2.19. The third-order valence-corrected chi connectivity index (χ3v) is 6.50. The van der Waals surface area contributed by atoms with E-state index in [0.29, 0.717) is 0 Å². The van der Waals surface area contributed by atoms with Crippen LogP contribution in [0, 0.1) is 0 Å². The van der Waals surface area contributed by atoms with Crippen LogP contribution in [0.25, 0.3) is 54.7 Å². The minimum atomic E-state index is 0.952. The van der Waals surface area contributed by atoms with Crippen LogP contribution >= 0.6 is 0 Å². The zero-order chi connectivity index (χ0) is 20.2. The zero-order valence-corrected chi connectivity index (χ0v) is 17.4. The molecule has 2 heteroatoms. The fourth-order valence-electron chi connectivity index (χ4n) is 5.31. The molecule has 0 bridgehead atoms. The van der Waals surface area contributed by atoms with Crippen molar-refractivity contribution in [3.8, 4) is 11.1 Å². The lowest BCUT2D eigenvalue weighted by atomic mass is 9.99. The molecule has 0 spiro atoms. The van der Waals surface area contributed by atoms with Crippen LogP contribution in [-0.4, -0.2) is 9.13 Å². The summed E-state index contributed by atoms with van der Waals surface area (Å²) >= 11 is 0. The van der Waals surface area contributed by atoms with Crippen molar-refractivity contribution >= 4 is 43.6 Å². The van der Waals surface area contributed by atoms with Crippen LogP contribution in [0.5, 0.6) is 0 Å². The summed E-state index contributed by atoms with van der Waals surface area (Å²) in [6, 6.07) is 31.1. The molecule has 4 aromatic carbocycles. The van der Waals surface area contributed by atoms with E-state index in [4.69, 9.17) is 0 Å². The summed E-state index contributed by atoms with van der Waals surface area (Å²) in [4.78, 5) is 0. The lowest BCUT2D eigenvalue weighted by Gasteiger charge is -2.13. The van der Waals surface area contributed by atoms with Gasteiger partial charge in [0.1, 0.15) is 0 Å². The fraction of sp³-hybridized carbons (Fsp3) is 0.143. The van der Waals surface area contributed by atoms with Gasteiger partial charge in [-0.3, -0.25) is 0 Å². The Kier molecular flexibility index (Phi) is 3.76. The van der Waals surface area contributed by atoms with Crippen LogP contribution < -0.4 is 0 Å². The monoisotopic (exact) mass is 388 g/mol. The zero-order valence-electron chi connectivity index (χ0n) is 17.4. The lowest BCUT2D eigenvalue weighted by molar-refractivity contribution is 0.825. The standard InChI is InChI=1S/C28H24N2/c1-3-29-25-17-7-5-11-19(25)21-13-9-15-23(27(21)29)24-16-10-14-22-20-12-6-8-18-26(20)30(4-2)28(22)24/h5-18H,3-4H2,1-2H3. The van der Waals surface area contributed by atoms with Crippen molar-refractivity contribution < 1.29 is 0 Å². The Labute approximate surface area is 176 Å². The predicted molar refractivity (Wildman–Crippen MR) is 129 cm³/mol. The summed E-state index contributed by atoms with van der Waals surface area (Å²) in [5, 5.41) is 5.33. The molecule has 0 saturated carbocycles. The van der Waals surface area contributed by atoms with Crippen molar-refractivity contribution in [2.75, 3.05) is 0 Å². The second-order valence-electron chi connectivity index (χ2n) is 7.93. The van der Waals surface area contributed by atoms with E-state index < -0.39 is 0 Å². The number of aryl methyl sites for hydroxylation is 2. The summed E-state index contributed by atoms with van der Waals surface area (Å²) in [6.45, 7) is 6.39. The third-order valence-electron chi connectivity index (χ3n) is 6.50. The molecule has 0 N–H and O–H groups in total. The number of fused-ring (bicyclic) bond motifs is 6. The van der Waals surface area contributed by atoms with Crippen LogP contribution in [-0.2, 0) is 13.1 Å². The molecule has 0 aliphatic rings. The van der Waals surface area contributed by atoms with Gasteiger partial charge in [-0.2, -0.15) is 0 Å². The number of benzene rings is 4. The first-order chi connectivity index (χ1) is 14.8. The summed E-state index contributed by atoms with van der Waals surface area (Å²) in [7, 11) is 0. The molecule has 6 rings (SSSR count). The maximum Gasteiger partial charge on any atom is 0.0571 e. The smallest absolute Gasteiger partial charge is 0.0571 e. The molecular weight excluding hydrogens is 364 g/mol. The summed E-state index contributed by atoms with van der Waals surface area (Å²) in [5.74, 6) is 0. The summed E-state index contributed by atoms with van der Waals surface area (Å²) < 4.78 is 4.94. The van der Waals surface area contributed by atoms with Gasteiger partial charge in [0.2, 0.25) is 0 Å². The largest absolute Gasteiger partial charge is 0.340 e. The molecule has 30 heavy (non-hydrogen) atoms. The maximum atomic E-state index is 2.47. The molecule has 0 aliphatic heterocycles. The van der Waals surface area contributed by atoms with Crippen LogP contribution in [0.2, 0.25) is 0 Å². The molecule has 0 amide bonds. The minimum Gasteiger partial charge on any atom is -0.340 e. The molecule has 2 heterocycles. The van der Waals surface area contributed by atoms with Crippen molar-refractivity contribution in [1.29, 1.82) is 0 Å². The van der Waals surface area contributed by atoms with Crippen molar-refractivity contribution in [2.24, 2.45) is 0 Å². The topological polar surface area (TPSA) is 9.86 Å². The van der Waals surface area contributed by atoms with E-state index in [0.717, 1.165) is 13.1 Å². The number of aromatic nitrogens is 2. The van der Waals surface area contributed by atoms with Crippen LogP contribution in [0.1, 0.15) is 13.8 Å². The van der Waals surface area contributed by atoms with Gasteiger partial charge in [0, 0.05) is 56.8 Å². The summed E-state index contributed by atoms with van der Waals surface area (Å²) in [6.07, 6.45) is 0. The van der Waals surface area contributed by atoms with Crippen LogP contribution in [0.4, 0.5) is 0 Å². The Morgan fingerprint density at radius 1 is 0.467 bits per heavy atom. The molecule has 0 radical (unpaired) electrons. The van der Waals surface area contributed by atoms with E-state index in [1.807, 2.05) is 0 Å². The molecule has 146 valence electrons. The van der Waals surface area contributed by atoms with Crippen molar-refractivity contribution in [3.05, 3.63) is 84.9 Å². The first kappa shape index (κ1) is 17.3. The predicted octanol–water partition coefficient (Wildman–Crippen LogP) is 7.61. The number of rotatable bonds is 3. The Balaban J connectivity index is 1.82. The van der Waals surface area contributed by atoms with Gasteiger partial charge in [-0.1, -0.05) is 72.8 Å². The van der Waals surface area contributed by atoms with Gasteiger partial charge in [0.05, 0.1) is 11.0 Å². The highest BCUT2D eigenvalue weighted by atomic mass is 15.0. The SMILES string of the molecule is CCn1c2ccccc2c2cccc(-c3cccc4c5ccccc5n(CC)c34)c21. The van der Waals surface area contributed by atoms with Gasteiger partial charge in [-0.05, 0) is 26.0 Å². The van der Waals surface area contributed by atoms with Gasteiger partial charge in [0.25, 0.3) is 0 Å². The Bertz CT molecular complexity index is 1440. The average Bonchev–Trinajstić information content (AvgIpc) is 3.31. The van der Waals surface area contributed by atoms with Gasteiger partial charge in [0.15, 0.2) is 0 Å². The Morgan fingerprint density at radius 3 is 1.30 bits per heavy atom. The Hall–Kier alpha value is -3.52. The van der Waals surface area contributed by atoms with Crippen molar-refractivity contribution in [2.45, 2.75) is 26.9 Å². The van der Waals surface area contributed by atoms with Crippen LogP contribution in [0.3, 0.4) is 0 Å². The van der Waals surface area contributed by atoms with Gasteiger partial charge in [-0.15, -0.1) is 0 Å². The molecule has 0 fully saturated rings. The van der Waals surface area contributed by atoms with Crippen LogP contribution in [0.15, 0.2) is 84.9 Å². The van der Waals surface area contributed by atoms with E-state index >= 15 is 0 Å². The highest BCUT2D eigenvalue weighted by Crippen LogP contribution is 2.41. The van der Waals surface area contributed by atoms with E-state index in [-0.39, 0.29) is 0 Å². The summed E-state index contributed by atoms with van der Waals surface area (Å²) in [5.41, 5.74) is 7.92. The minimum absolute atomic E-state index is 0.952. The second-order valence-corrected chi connectivity index (χ2v) is 7.93. The van der Waals surface area contributed by atoms with E-state index in [2.05, 4.69) is 108 Å². The van der Waals surface area contributed by atoms with Gasteiger partial charge in [-0.25, -0.2) is 0 Å². The lowest BCUT2D eigenvalue weighted by Crippen LogP contribution is -1.98. The first-order valence-corrected chi connectivity index (χ1v) is 10.8. The Morgan fingerprint density at radius 2 is 0.867 bits per heavy atom. The van der Waals surface area contributed by atoms with Crippen molar-refractivity contribution in [3.63, 3.8) is 0 Å². The maximum absolute atomic E-state index is 2.47. The molecule has 0 atom stereocenters. The highest BCUT2D eigenvalue weighted by Gasteiger charge is 2.18. The molecule has 0 unspecified atom stereocenters. The van der Waals surface area contributed by atoms with E-state index in [9.17, 15) is 0 Å². The molecular formula is C28H24N2. The average molecular weight is 389 g/mol. The first-order valence-electron chi connectivity index (χ1n) is 10.8. The number of para-hydroxylation sites is 4. The van der Waals surface area contributed by atoms with E-state index in [1.165, 1.54) is 54.7 Å². The number of nitrogens with zero attached hydrogens (tertiary/aromatic N) is 2. The van der Waals surface area contributed by atoms with E-state index in [1.54, 1.807) is 0 Å². The number of hydrogen-bond donors (Lipinski definition) is 0. The quantitative estimate of drug-likeness (QED) is 0.295. The normalized spacial score (nSPS) is 11.9. The molecule has 0 aliphatic carbocycles. The van der Waals surface area contributed by atoms with Gasteiger partial charge >= 0.3 is 0 Å². The fourth-order valence-corrected chi connectivity index (χ4v) is 5.31. The van der Waals surface area contributed by atoms with Crippen molar-refractivity contribution in [1.82, 2.24) is 9.13 Å². The van der Waals surface area contributed by atoms with Gasteiger partial charge < -0.3 is 9.13 Å². The second kappa shape index (κ2) is 6.50. The molecule has 2 nitrogen and oxygen atoms in total. The molecule has 0 saturated heterocycles. The molecule has 2 aromatic heterocycles. The highest BCUT2D eigenvalue weighted by molar-refractivity contribution is 6.17.